The Hall–Kier alpha value is -1.59. The van der Waals surface area contributed by atoms with Gasteiger partial charge >= 0.3 is 6.03 Å². The maximum atomic E-state index is 12.6. The zero-order valence-electron chi connectivity index (χ0n) is 15.5. The molecule has 0 radical (unpaired) electrons. The van der Waals surface area contributed by atoms with Gasteiger partial charge in [0.1, 0.15) is 0 Å². The number of anilines is 1. The van der Waals surface area contributed by atoms with Crippen LogP contribution in [0.4, 0.5) is 10.5 Å². The molecule has 1 heterocycles. The number of rotatable bonds is 4. The quantitative estimate of drug-likeness (QED) is 0.876. The van der Waals surface area contributed by atoms with Crippen molar-refractivity contribution >= 4 is 11.7 Å². The van der Waals surface area contributed by atoms with Crippen LogP contribution in [-0.2, 0) is 4.74 Å². The first kappa shape index (κ1) is 18.2. The molecule has 3 rings (SSSR count). The van der Waals surface area contributed by atoms with Crippen LogP contribution in [0, 0.1) is 5.41 Å². The number of amides is 2. The number of carbonyl (C=O) groups excluding carboxylic acids is 1. The summed E-state index contributed by atoms with van der Waals surface area (Å²) in [6.45, 7) is 8.28. The van der Waals surface area contributed by atoms with Gasteiger partial charge in [0.15, 0.2) is 0 Å². The minimum atomic E-state index is -0.294. The molecule has 25 heavy (non-hydrogen) atoms. The van der Waals surface area contributed by atoms with Crippen LogP contribution in [0.3, 0.4) is 0 Å². The van der Waals surface area contributed by atoms with Crippen LogP contribution < -0.4 is 5.32 Å². The van der Waals surface area contributed by atoms with Gasteiger partial charge in [-0.15, -0.1) is 0 Å². The van der Waals surface area contributed by atoms with Gasteiger partial charge < -0.3 is 20.1 Å². The molecule has 0 aromatic heterocycles. The van der Waals surface area contributed by atoms with Gasteiger partial charge in [-0.1, -0.05) is 26.0 Å². The van der Waals surface area contributed by atoms with E-state index in [1.54, 1.807) is 0 Å². The molecule has 0 bridgehead atoms. The fourth-order valence-electron chi connectivity index (χ4n) is 4.12. The largest absolute Gasteiger partial charge is 0.392 e. The first-order valence-electron chi connectivity index (χ1n) is 9.42. The van der Waals surface area contributed by atoms with Crippen molar-refractivity contribution in [1.29, 1.82) is 0 Å². The minimum absolute atomic E-state index is 0.0578. The van der Waals surface area contributed by atoms with Crippen molar-refractivity contribution in [2.75, 3.05) is 25.0 Å². The highest BCUT2D eigenvalue weighted by Crippen LogP contribution is 2.50. The summed E-state index contributed by atoms with van der Waals surface area (Å²) in [6.07, 6.45) is 2.18. The second-order valence-corrected chi connectivity index (χ2v) is 7.63. The van der Waals surface area contributed by atoms with Crippen molar-refractivity contribution in [1.82, 2.24) is 4.90 Å². The molecule has 2 fully saturated rings. The van der Waals surface area contributed by atoms with Gasteiger partial charge in [-0.2, -0.15) is 0 Å². The number of nitrogens with one attached hydrogen (secondary N) is 1. The van der Waals surface area contributed by atoms with E-state index >= 15 is 0 Å². The second-order valence-electron chi connectivity index (χ2n) is 7.63. The summed E-state index contributed by atoms with van der Waals surface area (Å²) in [6, 6.07) is 7.97. The van der Waals surface area contributed by atoms with Gasteiger partial charge in [0.25, 0.3) is 0 Å². The van der Waals surface area contributed by atoms with Crippen molar-refractivity contribution < 1.29 is 14.6 Å². The van der Waals surface area contributed by atoms with Crippen LogP contribution in [0.25, 0.3) is 0 Å². The normalized spacial score (nSPS) is 25.1. The van der Waals surface area contributed by atoms with E-state index in [1.807, 2.05) is 30.0 Å². The lowest BCUT2D eigenvalue weighted by molar-refractivity contribution is -0.207. The van der Waals surface area contributed by atoms with Crippen molar-refractivity contribution in [3.05, 3.63) is 29.8 Å². The predicted octanol–water partition coefficient (Wildman–Crippen LogP) is 3.59. The summed E-state index contributed by atoms with van der Waals surface area (Å²) < 4.78 is 5.79. The lowest BCUT2D eigenvalue weighted by Crippen LogP contribution is -2.63. The lowest BCUT2D eigenvalue weighted by Gasteiger charge is -2.56. The molecule has 2 aliphatic rings. The molecule has 1 saturated carbocycles. The standard InChI is InChI=1S/C20H30N2O3/c1-4-25-18-13-17(23)20(18)8-10-22(11-9-20)19(24)21-16-7-5-6-15(12-16)14(2)3/h5-7,12,14,17-18,23H,4,8-11,13H2,1-3H3,(H,21,24)/t17-,18+/m1/s1. The van der Waals surface area contributed by atoms with E-state index in [2.05, 4.69) is 25.2 Å². The summed E-state index contributed by atoms with van der Waals surface area (Å²) in [4.78, 5) is 14.4. The molecule has 1 aliphatic carbocycles. The number of benzene rings is 1. The minimum Gasteiger partial charge on any atom is -0.392 e. The molecular weight excluding hydrogens is 316 g/mol. The van der Waals surface area contributed by atoms with Gasteiger partial charge in [0.05, 0.1) is 12.2 Å². The Morgan fingerprint density at radius 3 is 2.72 bits per heavy atom. The molecule has 138 valence electrons. The first-order chi connectivity index (χ1) is 12.0. The van der Waals surface area contributed by atoms with Gasteiger partial charge in [0.2, 0.25) is 0 Å². The Labute approximate surface area is 150 Å². The number of piperidine rings is 1. The number of nitrogens with zero attached hydrogens (tertiary/aromatic N) is 1. The number of hydrogen-bond donors (Lipinski definition) is 2. The molecule has 5 heteroatoms. The van der Waals surface area contributed by atoms with Gasteiger partial charge in [0, 0.05) is 37.2 Å². The zero-order valence-corrected chi connectivity index (χ0v) is 15.5. The number of aliphatic hydroxyl groups excluding tert-OH is 1. The molecule has 2 amide bonds. The molecule has 5 nitrogen and oxygen atoms in total. The Kier molecular flexibility index (Phi) is 5.35. The molecule has 1 aliphatic heterocycles. The van der Waals surface area contributed by atoms with Crippen LogP contribution in [-0.4, -0.2) is 47.9 Å². The number of carbonyl (C=O) groups is 1. The van der Waals surface area contributed by atoms with Crippen molar-refractivity contribution in [2.45, 2.75) is 58.2 Å². The van der Waals surface area contributed by atoms with Crippen LogP contribution in [0.15, 0.2) is 24.3 Å². The summed E-state index contributed by atoms with van der Waals surface area (Å²) in [7, 11) is 0. The van der Waals surface area contributed by atoms with Crippen LogP contribution in [0.1, 0.15) is 51.5 Å². The molecule has 1 spiro atoms. The number of likely N-dealkylation sites (tertiary alicyclic amines) is 1. The van der Waals surface area contributed by atoms with Crippen molar-refractivity contribution in [2.24, 2.45) is 5.41 Å². The highest BCUT2D eigenvalue weighted by atomic mass is 16.5. The smallest absolute Gasteiger partial charge is 0.321 e. The first-order valence-corrected chi connectivity index (χ1v) is 9.42. The number of aliphatic hydroxyl groups is 1. The van der Waals surface area contributed by atoms with Crippen LogP contribution in [0.2, 0.25) is 0 Å². The predicted molar refractivity (Wildman–Crippen MR) is 98.8 cm³/mol. The van der Waals surface area contributed by atoms with E-state index in [4.69, 9.17) is 4.74 Å². The van der Waals surface area contributed by atoms with Crippen molar-refractivity contribution in [3.8, 4) is 0 Å². The van der Waals surface area contributed by atoms with E-state index in [0.717, 1.165) is 24.9 Å². The summed E-state index contributed by atoms with van der Waals surface area (Å²) in [5, 5.41) is 13.3. The van der Waals surface area contributed by atoms with E-state index in [-0.39, 0.29) is 23.7 Å². The average molecular weight is 346 g/mol. The topological polar surface area (TPSA) is 61.8 Å². The van der Waals surface area contributed by atoms with Crippen LogP contribution >= 0.6 is 0 Å². The molecule has 0 unspecified atom stereocenters. The van der Waals surface area contributed by atoms with E-state index < -0.39 is 0 Å². The zero-order chi connectivity index (χ0) is 18.0. The monoisotopic (exact) mass is 346 g/mol. The van der Waals surface area contributed by atoms with Crippen molar-refractivity contribution in [3.63, 3.8) is 0 Å². The molecule has 1 saturated heterocycles. The molecule has 1 aromatic rings. The van der Waals surface area contributed by atoms with E-state index in [1.165, 1.54) is 5.56 Å². The van der Waals surface area contributed by atoms with Gasteiger partial charge in [-0.3, -0.25) is 0 Å². The van der Waals surface area contributed by atoms with E-state index in [0.29, 0.717) is 25.6 Å². The van der Waals surface area contributed by atoms with Gasteiger partial charge in [-0.25, -0.2) is 4.79 Å². The third-order valence-corrected chi connectivity index (χ3v) is 5.90. The summed E-state index contributed by atoms with van der Waals surface area (Å²) in [5.74, 6) is 0.433. The van der Waals surface area contributed by atoms with E-state index in [9.17, 15) is 9.90 Å². The molecule has 1 aromatic carbocycles. The number of ether oxygens (including phenoxy) is 1. The third kappa shape index (κ3) is 3.53. The highest BCUT2D eigenvalue weighted by molar-refractivity contribution is 5.89. The summed E-state index contributed by atoms with van der Waals surface area (Å²) in [5.41, 5.74) is 1.91. The number of urea groups is 1. The Bertz CT molecular complexity index is 607. The fraction of sp³-hybridized carbons (Fsp3) is 0.650. The fourth-order valence-corrected chi connectivity index (χ4v) is 4.12. The Morgan fingerprint density at radius 1 is 1.40 bits per heavy atom. The number of hydrogen-bond acceptors (Lipinski definition) is 3. The summed E-state index contributed by atoms with van der Waals surface area (Å²) >= 11 is 0. The van der Waals surface area contributed by atoms with Gasteiger partial charge in [-0.05, 0) is 43.4 Å². The third-order valence-electron chi connectivity index (χ3n) is 5.90. The molecular formula is C20H30N2O3. The Balaban J connectivity index is 1.58. The highest BCUT2D eigenvalue weighted by Gasteiger charge is 2.56. The second kappa shape index (κ2) is 7.34. The molecule has 2 N–H and O–H groups in total. The maximum absolute atomic E-state index is 12.6. The van der Waals surface area contributed by atoms with Crippen LogP contribution in [0.5, 0.6) is 0 Å². The molecule has 2 atom stereocenters. The SMILES string of the molecule is CCO[C@H]1C[C@@H](O)C12CCN(C(=O)Nc1cccc(C(C)C)c1)CC2. The Morgan fingerprint density at radius 2 is 2.12 bits per heavy atom. The average Bonchev–Trinajstić information content (AvgIpc) is 2.62. The maximum Gasteiger partial charge on any atom is 0.321 e. The lowest BCUT2D eigenvalue weighted by atomic mass is 9.58.